The quantitative estimate of drug-likeness (QED) is 0.676. The first-order valence-corrected chi connectivity index (χ1v) is 10.0. The molecule has 1 saturated heterocycles. The number of benzene rings is 2. The molecule has 0 spiro atoms. The Balaban J connectivity index is 1.40. The van der Waals surface area contributed by atoms with Gasteiger partial charge in [0.05, 0.1) is 19.8 Å². The van der Waals surface area contributed by atoms with Gasteiger partial charge >= 0.3 is 0 Å². The number of carbonyl (C=O) groups is 1. The summed E-state index contributed by atoms with van der Waals surface area (Å²) in [5, 5.41) is 3.05. The Morgan fingerprint density at radius 1 is 1.07 bits per heavy atom. The minimum atomic E-state index is 0.0644. The fourth-order valence-corrected chi connectivity index (χ4v) is 3.30. The number of amides is 1. The zero-order chi connectivity index (χ0) is 19.6. The number of nitrogens with one attached hydrogen (secondary N) is 1. The predicted molar refractivity (Wildman–Crippen MR) is 110 cm³/mol. The van der Waals surface area contributed by atoms with Crippen LogP contribution < -0.4 is 10.1 Å². The van der Waals surface area contributed by atoms with Crippen molar-refractivity contribution in [3.63, 3.8) is 0 Å². The molecule has 1 heterocycles. The number of aryl methyl sites for hydroxylation is 1. The van der Waals surface area contributed by atoms with Crippen LogP contribution >= 0.6 is 0 Å². The molecule has 0 aliphatic carbocycles. The molecule has 1 amide bonds. The Morgan fingerprint density at radius 3 is 2.57 bits per heavy atom. The summed E-state index contributed by atoms with van der Waals surface area (Å²) in [4.78, 5) is 14.6. The van der Waals surface area contributed by atoms with Crippen molar-refractivity contribution in [2.45, 2.75) is 32.9 Å². The lowest BCUT2D eigenvalue weighted by Gasteiger charge is -2.27. The van der Waals surface area contributed by atoms with E-state index in [1.54, 1.807) is 0 Å². The van der Waals surface area contributed by atoms with Crippen LogP contribution in [-0.4, -0.2) is 43.7 Å². The highest BCUT2D eigenvalue weighted by Gasteiger charge is 2.13. The number of para-hydroxylation sites is 1. The Hall–Kier alpha value is -2.37. The van der Waals surface area contributed by atoms with Crippen molar-refractivity contribution in [2.75, 3.05) is 32.9 Å². The fourth-order valence-electron chi connectivity index (χ4n) is 3.30. The summed E-state index contributed by atoms with van der Waals surface area (Å²) in [6, 6.07) is 16.3. The summed E-state index contributed by atoms with van der Waals surface area (Å²) >= 11 is 0. The highest BCUT2D eigenvalue weighted by molar-refractivity contribution is 5.75. The van der Waals surface area contributed by atoms with E-state index in [4.69, 9.17) is 9.47 Å². The predicted octanol–water partition coefficient (Wildman–Crippen LogP) is 3.30. The van der Waals surface area contributed by atoms with Crippen molar-refractivity contribution in [1.82, 2.24) is 10.2 Å². The van der Waals surface area contributed by atoms with Crippen molar-refractivity contribution in [3.8, 4) is 5.75 Å². The summed E-state index contributed by atoms with van der Waals surface area (Å²) in [7, 11) is 0. The third kappa shape index (κ3) is 6.36. The number of ether oxygens (including phenoxy) is 2. The maximum absolute atomic E-state index is 12.2. The second-order valence-corrected chi connectivity index (χ2v) is 7.15. The molecule has 0 radical (unpaired) electrons. The smallest absolute Gasteiger partial charge is 0.220 e. The van der Waals surface area contributed by atoms with Gasteiger partial charge in [0, 0.05) is 32.6 Å². The molecule has 150 valence electrons. The largest absolute Gasteiger partial charge is 0.493 e. The van der Waals surface area contributed by atoms with Gasteiger partial charge in [-0.2, -0.15) is 0 Å². The molecule has 1 aliphatic rings. The summed E-state index contributed by atoms with van der Waals surface area (Å²) in [5.41, 5.74) is 3.56. The lowest BCUT2D eigenvalue weighted by atomic mass is 10.1. The van der Waals surface area contributed by atoms with E-state index in [2.05, 4.69) is 28.4 Å². The van der Waals surface area contributed by atoms with Crippen molar-refractivity contribution in [3.05, 3.63) is 65.2 Å². The van der Waals surface area contributed by atoms with Crippen LogP contribution in [0.25, 0.3) is 0 Å². The molecule has 0 unspecified atom stereocenters. The first-order valence-electron chi connectivity index (χ1n) is 10.0. The van der Waals surface area contributed by atoms with Crippen LogP contribution in [0.4, 0.5) is 0 Å². The molecule has 5 nitrogen and oxygen atoms in total. The number of carbonyl (C=O) groups excluding carboxylic acids is 1. The summed E-state index contributed by atoms with van der Waals surface area (Å²) < 4.78 is 11.2. The molecule has 0 saturated carbocycles. The van der Waals surface area contributed by atoms with Crippen LogP contribution in [0.15, 0.2) is 48.5 Å². The zero-order valence-corrected chi connectivity index (χ0v) is 16.7. The topological polar surface area (TPSA) is 50.8 Å². The number of nitrogens with zero attached hydrogens (tertiary/aromatic N) is 1. The normalized spacial score (nSPS) is 14.6. The Bertz CT molecular complexity index is 757. The van der Waals surface area contributed by atoms with Crippen molar-refractivity contribution < 1.29 is 14.3 Å². The van der Waals surface area contributed by atoms with Crippen LogP contribution in [0, 0.1) is 6.92 Å². The van der Waals surface area contributed by atoms with Gasteiger partial charge in [-0.3, -0.25) is 9.69 Å². The maximum atomic E-state index is 12.2. The van der Waals surface area contributed by atoms with Crippen LogP contribution in [-0.2, 0) is 22.6 Å². The average molecular weight is 383 g/mol. The van der Waals surface area contributed by atoms with Gasteiger partial charge in [-0.05, 0) is 36.1 Å². The first-order chi connectivity index (χ1) is 13.7. The first kappa shape index (κ1) is 20.4. The second kappa shape index (κ2) is 10.8. The van der Waals surface area contributed by atoms with E-state index in [9.17, 15) is 4.79 Å². The van der Waals surface area contributed by atoms with Gasteiger partial charge < -0.3 is 14.8 Å². The molecular weight excluding hydrogens is 352 g/mol. The maximum Gasteiger partial charge on any atom is 0.220 e. The third-order valence-corrected chi connectivity index (χ3v) is 4.99. The lowest BCUT2D eigenvalue weighted by molar-refractivity contribution is -0.121. The van der Waals surface area contributed by atoms with E-state index in [0.29, 0.717) is 26.0 Å². The van der Waals surface area contributed by atoms with Crippen LogP contribution in [0.5, 0.6) is 5.75 Å². The molecule has 1 fully saturated rings. The number of hydrogen-bond acceptors (Lipinski definition) is 4. The van der Waals surface area contributed by atoms with Gasteiger partial charge in [-0.15, -0.1) is 0 Å². The fraction of sp³-hybridized carbons (Fsp3) is 0.435. The summed E-state index contributed by atoms with van der Waals surface area (Å²) in [6.45, 7) is 7.55. The van der Waals surface area contributed by atoms with E-state index < -0.39 is 0 Å². The molecule has 2 aromatic carbocycles. The minimum absolute atomic E-state index is 0.0644. The van der Waals surface area contributed by atoms with E-state index >= 15 is 0 Å². The molecule has 5 heteroatoms. The van der Waals surface area contributed by atoms with Crippen LogP contribution in [0.1, 0.15) is 29.5 Å². The molecule has 3 rings (SSSR count). The number of morpholine rings is 1. The van der Waals surface area contributed by atoms with Gasteiger partial charge in [-0.25, -0.2) is 0 Å². The van der Waals surface area contributed by atoms with Crippen LogP contribution in [0.3, 0.4) is 0 Å². The molecule has 1 N–H and O–H groups in total. The van der Waals surface area contributed by atoms with Gasteiger partial charge in [-0.1, -0.05) is 42.5 Å². The molecule has 0 bridgehead atoms. The van der Waals surface area contributed by atoms with Crippen molar-refractivity contribution >= 4 is 5.91 Å². The number of hydrogen-bond donors (Lipinski definition) is 1. The minimum Gasteiger partial charge on any atom is -0.493 e. The van der Waals surface area contributed by atoms with Gasteiger partial charge in [0.15, 0.2) is 0 Å². The molecule has 1 aliphatic heterocycles. The molecule has 0 atom stereocenters. The Labute approximate surface area is 167 Å². The monoisotopic (exact) mass is 382 g/mol. The van der Waals surface area contributed by atoms with E-state index in [0.717, 1.165) is 44.2 Å². The summed E-state index contributed by atoms with van der Waals surface area (Å²) in [6.07, 6.45) is 1.17. The van der Waals surface area contributed by atoms with E-state index in [-0.39, 0.29) is 5.91 Å². The average Bonchev–Trinajstić information content (AvgIpc) is 2.72. The molecule has 2 aromatic rings. The van der Waals surface area contributed by atoms with Crippen LogP contribution in [0.2, 0.25) is 0 Å². The lowest BCUT2D eigenvalue weighted by Crippen LogP contribution is -2.36. The second-order valence-electron chi connectivity index (χ2n) is 7.15. The molecule has 28 heavy (non-hydrogen) atoms. The van der Waals surface area contributed by atoms with Gasteiger partial charge in [0.1, 0.15) is 5.75 Å². The van der Waals surface area contributed by atoms with Crippen molar-refractivity contribution in [2.24, 2.45) is 0 Å². The molecular formula is C23H30N2O3. The van der Waals surface area contributed by atoms with E-state index in [1.807, 2.05) is 37.3 Å². The third-order valence-electron chi connectivity index (χ3n) is 4.99. The summed E-state index contributed by atoms with van der Waals surface area (Å²) in [5.74, 6) is 0.953. The SMILES string of the molecule is Cc1ccccc1OCCCC(=O)NCc1ccccc1CN1CCOCC1. The Morgan fingerprint density at radius 2 is 1.79 bits per heavy atom. The number of rotatable bonds is 9. The Kier molecular flexibility index (Phi) is 7.88. The van der Waals surface area contributed by atoms with Crippen molar-refractivity contribution in [1.29, 1.82) is 0 Å². The zero-order valence-electron chi connectivity index (χ0n) is 16.7. The van der Waals surface area contributed by atoms with Gasteiger partial charge in [0.25, 0.3) is 0 Å². The highest BCUT2D eigenvalue weighted by Crippen LogP contribution is 2.16. The van der Waals surface area contributed by atoms with Gasteiger partial charge in [0.2, 0.25) is 5.91 Å². The molecule has 0 aromatic heterocycles. The highest BCUT2D eigenvalue weighted by atomic mass is 16.5. The van der Waals surface area contributed by atoms with E-state index in [1.165, 1.54) is 11.1 Å². The standard InChI is InChI=1S/C23H30N2O3/c1-19-7-2-5-10-22(19)28-14-6-11-23(26)24-17-20-8-3-4-9-21(20)18-25-12-15-27-16-13-25/h2-5,7-10H,6,11-18H2,1H3,(H,24,26).